The Balaban J connectivity index is 1.46. The summed E-state index contributed by atoms with van der Waals surface area (Å²) in [6.07, 6.45) is 0.303. The molecule has 0 aliphatic heterocycles. The van der Waals surface area contributed by atoms with Gasteiger partial charge in [-0.2, -0.15) is 0 Å². The minimum atomic E-state index is -0.710. The highest BCUT2D eigenvalue weighted by Gasteiger charge is 2.67. The number of nitrogens with one attached hydrogen (secondary N) is 1. The molecule has 2 aliphatic rings. The lowest BCUT2D eigenvalue weighted by Crippen LogP contribution is -2.39. The first kappa shape index (κ1) is 18.4. The van der Waals surface area contributed by atoms with E-state index in [2.05, 4.69) is 19.2 Å². The second kappa shape index (κ2) is 6.74. The fraction of sp³-hybridized carbons (Fsp3) is 0.550. The lowest BCUT2D eigenvalue weighted by molar-refractivity contribution is -0.158. The van der Waals surface area contributed by atoms with Gasteiger partial charge in [-0.25, -0.2) is 4.79 Å². The van der Waals surface area contributed by atoms with E-state index < -0.39 is 23.6 Å². The predicted octanol–water partition coefficient (Wildman–Crippen LogP) is 2.85. The molecule has 1 N–H and O–H groups in total. The Morgan fingerprint density at radius 1 is 1.19 bits per heavy atom. The molecule has 0 heterocycles. The molecule has 2 fully saturated rings. The van der Waals surface area contributed by atoms with Crippen molar-refractivity contribution in [2.45, 2.75) is 46.3 Å². The van der Waals surface area contributed by atoms with E-state index in [1.54, 1.807) is 0 Å². The van der Waals surface area contributed by atoms with E-state index in [1.807, 2.05) is 37.3 Å². The van der Waals surface area contributed by atoms with Gasteiger partial charge in [0.15, 0.2) is 11.9 Å². The van der Waals surface area contributed by atoms with Crippen LogP contribution < -0.4 is 5.32 Å². The Hall–Kier alpha value is -2.37. The van der Waals surface area contributed by atoms with Crippen molar-refractivity contribution in [3.05, 3.63) is 35.9 Å². The minimum Gasteiger partial charge on any atom is -0.453 e. The fourth-order valence-corrected chi connectivity index (χ4v) is 4.24. The van der Waals surface area contributed by atoms with Crippen molar-refractivity contribution in [2.75, 3.05) is 6.54 Å². The standard InChI is InChI=1S/C20H25NO5/c1-19(2)14-9-10-20(19,3)17(23)16(14)26-15(22)11-21-18(24)25-12-13-7-5-4-6-8-13/h4-8,14,16H,9-12H2,1-3H3,(H,21,24)/t14-,16-,20+/m1/s1. The Bertz CT molecular complexity index is 714. The number of hydrogen-bond acceptors (Lipinski definition) is 5. The third kappa shape index (κ3) is 3.08. The molecule has 2 bridgehead atoms. The number of amides is 1. The van der Waals surface area contributed by atoms with E-state index in [0.717, 1.165) is 18.4 Å². The summed E-state index contributed by atoms with van der Waals surface area (Å²) in [7, 11) is 0. The monoisotopic (exact) mass is 359 g/mol. The van der Waals surface area contributed by atoms with Crippen LogP contribution in [0.25, 0.3) is 0 Å². The van der Waals surface area contributed by atoms with Crippen LogP contribution in [0.4, 0.5) is 4.79 Å². The van der Waals surface area contributed by atoms with Crippen molar-refractivity contribution >= 4 is 17.8 Å². The van der Waals surface area contributed by atoms with Gasteiger partial charge in [0.05, 0.1) is 0 Å². The number of Topliss-reactive ketones (excluding diaryl/α,β-unsaturated/α-hetero) is 1. The molecule has 3 atom stereocenters. The number of ketones is 1. The Morgan fingerprint density at radius 2 is 1.88 bits per heavy atom. The molecular weight excluding hydrogens is 334 g/mol. The predicted molar refractivity (Wildman–Crippen MR) is 94.1 cm³/mol. The van der Waals surface area contributed by atoms with E-state index in [4.69, 9.17) is 9.47 Å². The molecule has 0 saturated heterocycles. The summed E-state index contributed by atoms with van der Waals surface area (Å²) in [6, 6.07) is 9.25. The second-order valence-corrected chi connectivity index (χ2v) is 7.89. The second-order valence-electron chi connectivity index (χ2n) is 7.89. The van der Waals surface area contributed by atoms with E-state index >= 15 is 0 Å². The number of fused-ring (bicyclic) bond motifs is 2. The molecule has 0 aromatic heterocycles. The number of esters is 1. The van der Waals surface area contributed by atoms with Crippen LogP contribution in [0.3, 0.4) is 0 Å². The molecule has 2 saturated carbocycles. The van der Waals surface area contributed by atoms with Crippen molar-refractivity contribution in [1.29, 1.82) is 0 Å². The lowest BCUT2D eigenvalue weighted by atomic mass is 9.70. The Morgan fingerprint density at radius 3 is 2.50 bits per heavy atom. The SMILES string of the molecule is CC1(C)[C@@H]2CC[C@@]1(C)C(=O)[C@@H]2OC(=O)CNC(=O)OCc1ccccc1. The van der Waals surface area contributed by atoms with Crippen molar-refractivity contribution < 1.29 is 23.9 Å². The molecule has 0 spiro atoms. The zero-order chi connectivity index (χ0) is 18.9. The molecular formula is C20H25NO5. The highest BCUT2D eigenvalue weighted by Crippen LogP contribution is 2.64. The van der Waals surface area contributed by atoms with Gasteiger partial charge >= 0.3 is 12.1 Å². The summed E-state index contributed by atoms with van der Waals surface area (Å²) < 4.78 is 10.5. The highest BCUT2D eigenvalue weighted by atomic mass is 16.6. The summed E-state index contributed by atoms with van der Waals surface area (Å²) >= 11 is 0. The van der Waals surface area contributed by atoms with Gasteiger partial charge in [-0.15, -0.1) is 0 Å². The van der Waals surface area contributed by atoms with E-state index in [-0.39, 0.29) is 30.3 Å². The zero-order valence-electron chi connectivity index (χ0n) is 15.4. The first-order valence-electron chi connectivity index (χ1n) is 8.94. The van der Waals surface area contributed by atoms with E-state index in [0.29, 0.717) is 0 Å². The van der Waals surface area contributed by atoms with Crippen molar-refractivity contribution in [3.8, 4) is 0 Å². The van der Waals surface area contributed by atoms with Gasteiger partial charge < -0.3 is 14.8 Å². The van der Waals surface area contributed by atoms with Gasteiger partial charge in [-0.05, 0) is 23.8 Å². The summed E-state index contributed by atoms with van der Waals surface area (Å²) in [5, 5.41) is 2.37. The van der Waals surface area contributed by atoms with Crippen molar-refractivity contribution in [1.82, 2.24) is 5.32 Å². The fourth-order valence-electron chi connectivity index (χ4n) is 4.24. The third-order valence-electron chi connectivity index (χ3n) is 6.32. The summed E-state index contributed by atoms with van der Waals surface area (Å²) in [5.41, 5.74) is 0.232. The average molecular weight is 359 g/mol. The topological polar surface area (TPSA) is 81.7 Å². The first-order valence-corrected chi connectivity index (χ1v) is 8.94. The largest absolute Gasteiger partial charge is 0.453 e. The van der Waals surface area contributed by atoms with Crippen LogP contribution in [0.2, 0.25) is 0 Å². The maximum absolute atomic E-state index is 12.6. The van der Waals surface area contributed by atoms with Crippen molar-refractivity contribution in [2.24, 2.45) is 16.7 Å². The zero-order valence-corrected chi connectivity index (χ0v) is 15.4. The van der Waals surface area contributed by atoms with Gasteiger partial charge in [0.2, 0.25) is 0 Å². The molecule has 3 rings (SSSR count). The van der Waals surface area contributed by atoms with E-state index in [1.165, 1.54) is 0 Å². The smallest absolute Gasteiger partial charge is 0.407 e. The maximum atomic E-state index is 12.6. The van der Waals surface area contributed by atoms with Gasteiger partial charge in [-0.3, -0.25) is 9.59 Å². The van der Waals surface area contributed by atoms with Gasteiger partial charge in [0.1, 0.15) is 13.2 Å². The van der Waals surface area contributed by atoms with Gasteiger partial charge in [0.25, 0.3) is 0 Å². The maximum Gasteiger partial charge on any atom is 0.407 e. The van der Waals surface area contributed by atoms with Gasteiger partial charge in [-0.1, -0.05) is 51.1 Å². The summed E-state index contributed by atoms with van der Waals surface area (Å²) in [6.45, 7) is 5.90. The molecule has 2 aliphatic carbocycles. The van der Waals surface area contributed by atoms with Crippen LogP contribution >= 0.6 is 0 Å². The summed E-state index contributed by atoms with van der Waals surface area (Å²) in [5.74, 6) is -0.584. The van der Waals surface area contributed by atoms with Gasteiger partial charge in [0, 0.05) is 11.3 Å². The number of benzene rings is 1. The molecule has 0 radical (unpaired) electrons. The number of hydrogen-bond donors (Lipinski definition) is 1. The molecule has 1 aromatic carbocycles. The normalized spacial score (nSPS) is 28.7. The van der Waals surface area contributed by atoms with Crippen LogP contribution in [0.15, 0.2) is 30.3 Å². The quantitative estimate of drug-likeness (QED) is 0.818. The van der Waals surface area contributed by atoms with Crippen LogP contribution in [0.5, 0.6) is 0 Å². The third-order valence-corrected chi connectivity index (χ3v) is 6.32. The van der Waals surface area contributed by atoms with E-state index in [9.17, 15) is 14.4 Å². The summed E-state index contributed by atoms with van der Waals surface area (Å²) in [4.78, 5) is 36.4. The number of carbonyl (C=O) groups is 3. The van der Waals surface area contributed by atoms with Crippen LogP contribution in [0.1, 0.15) is 39.2 Å². The highest BCUT2D eigenvalue weighted by molar-refractivity contribution is 5.95. The van der Waals surface area contributed by atoms with Crippen LogP contribution in [-0.4, -0.2) is 30.5 Å². The number of alkyl carbamates (subject to hydrolysis) is 1. The number of ether oxygens (including phenoxy) is 2. The molecule has 0 unspecified atom stereocenters. The lowest BCUT2D eigenvalue weighted by Gasteiger charge is -2.31. The Labute approximate surface area is 153 Å². The number of rotatable bonds is 5. The minimum absolute atomic E-state index is 0.00115. The molecule has 6 nitrogen and oxygen atoms in total. The van der Waals surface area contributed by atoms with Crippen LogP contribution in [-0.2, 0) is 25.7 Å². The Kier molecular flexibility index (Phi) is 4.78. The molecule has 6 heteroatoms. The van der Waals surface area contributed by atoms with Crippen molar-refractivity contribution in [3.63, 3.8) is 0 Å². The molecule has 26 heavy (non-hydrogen) atoms. The van der Waals surface area contributed by atoms with Crippen LogP contribution in [0, 0.1) is 16.7 Å². The molecule has 1 aromatic rings. The molecule has 140 valence electrons. The average Bonchev–Trinajstić information content (AvgIpc) is 2.93. The molecule has 1 amide bonds. The first-order chi connectivity index (χ1) is 12.3. The number of carbonyl (C=O) groups excluding carboxylic acids is 3.